The maximum Gasteiger partial charge on any atom is 0.223 e. The third-order valence-corrected chi connectivity index (χ3v) is 4.99. The lowest BCUT2D eigenvalue weighted by atomic mass is 9.78. The van der Waals surface area contributed by atoms with Crippen molar-refractivity contribution in [1.82, 2.24) is 5.32 Å². The van der Waals surface area contributed by atoms with Gasteiger partial charge in [0.25, 0.3) is 0 Å². The van der Waals surface area contributed by atoms with Crippen molar-refractivity contribution in [3.8, 4) is 0 Å². The van der Waals surface area contributed by atoms with Crippen LogP contribution in [0.4, 0.5) is 0 Å². The van der Waals surface area contributed by atoms with Gasteiger partial charge in [0.15, 0.2) is 0 Å². The van der Waals surface area contributed by atoms with Gasteiger partial charge in [-0.3, -0.25) is 4.79 Å². The van der Waals surface area contributed by atoms with Crippen LogP contribution in [0.25, 0.3) is 0 Å². The highest BCUT2D eigenvalue weighted by Crippen LogP contribution is 2.30. The van der Waals surface area contributed by atoms with Crippen molar-refractivity contribution in [2.45, 2.75) is 64.3 Å². The molecule has 0 heterocycles. The Morgan fingerprint density at radius 3 is 2.50 bits per heavy atom. The van der Waals surface area contributed by atoms with Gasteiger partial charge in [0, 0.05) is 12.0 Å². The molecule has 0 bridgehead atoms. The molecule has 0 aromatic rings. The molecule has 0 aliphatic heterocycles. The van der Waals surface area contributed by atoms with E-state index >= 15 is 0 Å². The number of hydrogen-bond donors (Lipinski definition) is 2. The van der Waals surface area contributed by atoms with E-state index in [2.05, 4.69) is 12.2 Å². The van der Waals surface area contributed by atoms with Crippen LogP contribution < -0.4 is 11.1 Å². The predicted octanol–water partition coefficient (Wildman–Crippen LogP) is 2.45. The zero-order valence-electron chi connectivity index (χ0n) is 11.7. The predicted molar refractivity (Wildman–Crippen MR) is 74.1 cm³/mol. The van der Waals surface area contributed by atoms with Gasteiger partial charge in [0.1, 0.15) is 0 Å². The Morgan fingerprint density at radius 1 is 1.11 bits per heavy atom. The van der Waals surface area contributed by atoms with E-state index in [1.54, 1.807) is 0 Å². The summed E-state index contributed by atoms with van der Waals surface area (Å²) in [5, 5.41) is 3.31. The van der Waals surface area contributed by atoms with E-state index in [-0.39, 0.29) is 11.8 Å². The van der Waals surface area contributed by atoms with Crippen LogP contribution >= 0.6 is 0 Å². The molecule has 4 unspecified atom stereocenters. The molecule has 0 radical (unpaired) electrons. The molecule has 2 aliphatic carbocycles. The van der Waals surface area contributed by atoms with Crippen molar-refractivity contribution in [3.63, 3.8) is 0 Å². The van der Waals surface area contributed by atoms with E-state index in [0.29, 0.717) is 24.4 Å². The smallest absolute Gasteiger partial charge is 0.223 e. The maximum atomic E-state index is 12.4. The van der Waals surface area contributed by atoms with Crippen molar-refractivity contribution >= 4 is 5.91 Å². The Morgan fingerprint density at radius 2 is 1.78 bits per heavy atom. The summed E-state index contributed by atoms with van der Waals surface area (Å²) in [4.78, 5) is 12.4. The average molecular weight is 252 g/mol. The van der Waals surface area contributed by atoms with E-state index < -0.39 is 0 Å². The quantitative estimate of drug-likeness (QED) is 0.810. The Balaban J connectivity index is 1.89. The van der Waals surface area contributed by atoms with Gasteiger partial charge in [-0.15, -0.1) is 0 Å². The van der Waals surface area contributed by atoms with Crippen molar-refractivity contribution in [2.24, 2.45) is 23.5 Å². The molecular weight excluding hydrogens is 224 g/mol. The number of carbonyl (C=O) groups excluding carboxylic acids is 1. The second kappa shape index (κ2) is 6.55. The zero-order valence-corrected chi connectivity index (χ0v) is 11.7. The first kappa shape index (κ1) is 13.9. The SMILES string of the molecule is CC1CCCCC1NC(=O)C1CCCCC1CN. The van der Waals surface area contributed by atoms with Gasteiger partial charge < -0.3 is 11.1 Å². The summed E-state index contributed by atoms with van der Waals surface area (Å²) in [6.07, 6.45) is 9.61. The standard InChI is InChI=1S/C15H28N2O/c1-11-6-2-5-9-14(11)17-15(18)13-8-4-3-7-12(13)10-16/h11-14H,2-10,16H2,1H3,(H,17,18). The van der Waals surface area contributed by atoms with Gasteiger partial charge in [-0.2, -0.15) is 0 Å². The largest absolute Gasteiger partial charge is 0.353 e. The lowest BCUT2D eigenvalue weighted by Crippen LogP contribution is -2.46. The normalized spacial score (nSPS) is 37.2. The second-order valence-corrected chi connectivity index (χ2v) is 6.26. The fraction of sp³-hybridized carbons (Fsp3) is 0.933. The molecule has 1 amide bonds. The van der Waals surface area contributed by atoms with Crippen LogP contribution in [0.5, 0.6) is 0 Å². The third-order valence-electron chi connectivity index (χ3n) is 4.99. The number of nitrogens with one attached hydrogen (secondary N) is 1. The minimum absolute atomic E-state index is 0.179. The number of nitrogens with two attached hydrogens (primary N) is 1. The van der Waals surface area contributed by atoms with Crippen LogP contribution in [0.2, 0.25) is 0 Å². The highest BCUT2D eigenvalue weighted by molar-refractivity contribution is 5.79. The Labute approximate surface area is 111 Å². The molecule has 0 saturated heterocycles. The summed E-state index contributed by atoms with van der Waals surface area (Å²) in [6, 6.07) is 0.409. The summed E-state index contributed by atoms with van der Waals surface area (Å²) in [5.74, 6) is 1.52. The molecule has 2 fully saturated rings. The van der Waals surface area contributed by atoms with Crippen molar-refractivity contribution in [3.05, 3.63) is 0 Å². The van der Waals surface area contributed by atoms with Gasteiger partial charge in [0.2, 0.25) is 5.91 Å². The highest BCUT2D eigenvalue weighted by atomic mass is 16.2. The molecule has 3 N–H and O–H groups in total. The first-order valence-corrected chi connectivity index (χ1v) is 7.72. The zero-order chi connectivity index (χ0) is 13.0. The summed E-state index contributed by atoms with van der Waals surface area (Å²) >= 11 is 0. The third kappa shape index (κ3) is 3.25. The number of carbonyl (C=O) groups is 1. The van der Waals surface area contributed by atoms with Gasteiger partial charge in [-0.05, 0) is 44.1 Å². The number of rotatable bonds is 3. The summed E-state index contributed by atoms with van der Waals surface area (Å²) in [6.45, 7) is 2.93. The lowest BCUT2D eigenvalue weighted by Gasteiger charge is -2.34. The fourth-order valence-electron chi connectivity index (χ4n) is 3.66. The van der Waals surface area contributed by atoms with E-state index in [1.165, 1.54) is 32.1 Å². The van der Waals surface area contributed by atoms with Crippen molar-refractivity contribution in [1.29, 1.82) is 0 Å². The van der Waals surface area contributed by atoms with E-state index in [0.717, 1.165) is 19.3 Å². The minimum atomic E-state index is 0.179. The van der Waals surface area contributed by atoms with E-state index in [1.807, 2.05) is 0 Å². The molecule has 0 spiro atoms. The van der Waals surface area contributed by atoms with Crippen LogP contribution in [0.15, 0.2) is 0 Å². The monoisotopic (exact) mass is 252 g/mol. The van der Waals surface area contributed by atoms with E-state index in [4.69, 9.17) is 5.73 Å². The molecular formula is C15H28N2O. The molecule has 2 rings (SSSR count). The van der Waals surface area contributed by atoms with Crippen LogP contribution in [-0.4, -0.2) is 18.5 Å². The van der Waals surface area contributed by atoms with Crippen LogP contribution in [0.1, 0.15) is 58.3 Å². The molecule has 3 heteroatoms. The second-order valence-electron chi connectivity index (χ2n) is 6.26. The maximum absolute atomic E-state index is 12.4. The van der Waals surface area contributed by atoms with Crippen molar-refractivity contribution in [2.75, 3.05) is 6.54 Å². The molecule has 3 nitrogen and oxygen atoms in total. The molecule has 0 aromatic carbocycles. The Kier molecular flexibility index (Phi) is 5.04. The Bertz CT molecular complexity index is 280. The molecule has 18 heavy (non-hydrogen) atoms. The summed E-state index contributed by atoms with van der Waals surface area (Å²) in [5.41, 5.74) is 5.81. The van der Waals surface area contributed by atoms with Crippen LogP contribution in [-0.2, 0) is 4.79 Å². The summed E-state index contributed by atoms with van der Waals surface area (Å²) < 4.78 is 0. The molecule has 0 aromatic heterocycles. The molecule has 2 aliphatic rings. The van der Waals surface area contributed by atoms with Crippen molar-refractivity contribution < 1.29 is 4.79 Å². The van der Waals surface area contributed by atoms with Gasteiger partial charge in [0.05, 0.1) is 0 Å². The minimum Gasteiger partial charge on any atom is -0.353 e. The number of amides is 1. The Hall–Kier alpha value is -0.570. The van der Waals surface area contributed by atoms with Crippen LogP contribution in [0.3, 0.4) is 0 Å². The summed E-state index contributed by atoms with van der Waals surface area (Å²) in [7, 11) is 0. The molecule has 4 atom stereocenters. The number of hydrogen-bond acceptors (Lipinski definition) is 2. The fourth-order valence-corrected chi connectivity index (χ4v) is 3.66. The average Bonchev–Trinajstić information content (AvgIpc) is 2.41. The first-order valence-electron chi connectivity index (χ1n) is 7.72. The topological polar surface area (TPSA) is 55.1 Å². The van der Waals surface area contributed by atoms with Gasteiger partial charge in [-0.25, -0.2) is 0 Å². The van der Waals surface area contributed by atoms with Crippen LogP contribution in [0, 0.1) is 17.8 Å². The molecule has 2 saturated carbocycles. The first-order chi connectivity index (χ1) is 8.72. The van der Waals surface area contributed by atoms with Gasteiger partial charge >= 0.3 is 0 Å². The highest BCUT2D eigenvalue weighted by Gasteiger charge is 2.32. The van der Waals surface area contributed by atoms with Gasteiger partial charge in [-0.1, -0.05) is 32.6 Å². The molecule has 104 valence electrons. The van der Waals surface area contributed by atoms with E-state index in [9.17, 15) is 4.79 Å². The lowest BCUT2D eigenvalue weighted by molar-refractivity contribution is -0.129.